The van der Waals surface area contributed by atoms with Gasteiger partial charge in [0.15, 0.2) is 0 Å². The van der Waals surface area contributed by atoms with Crippen molar-refractivity contribution in [3.05, 3.63) is 86.7 Å². The molecule has 138 valence electrons. The van der Waals surface area contributed by atoms with E-state index in [2.05, 4.69) is 10.5 Å². The molecule has 0 aliphatic heterocycles. The minimum absolute atomic E-state index is 0.248. The van der Waals surface area contributed by atoms with E-state index in [1.807, 2.05) is 55.7 Å². The van der Waals surface area contributed by atoms with Gasteiger partial charge in [0.2, 0.25) is 0 Å². The topological polar surface area (TPSA) is 46.4 Å². The molecule has 0 saturated heterocycles. The maximum absolute atomic E-state index is 12.2. The van der Waals surface area contributed by atoms with Crippen LogP contribution in [0, 0.1) is 20.8 Å². The smallest absolute Gasteiger partial charge is 0.271 e. The van der Waals surface area contributed by atoms with Gasteiger partial charge in [0.1, 0.15) is 0 Å². The van der Waals surface area contributed by atoms with E-state index in [0.717, 1.165) is 28.2 Å². The van der Waals surface area contributed by atoms with E-state index >= 15 is 0 Å². The Kier molecular flexibility index (Phi) is 5.68. The molecule has 0 unspecified atom stereocenters. The van der Waals surface area contributed by atoms with Gasteiger partial charge in [-0.3, -0.25) is 4.79 Å². The number of carbonyl (C=O) groups is 1. The molecular weight excluding hydrogens is 381 g/mol. The van der Waals surface area contributed by atoms with Crippen LogP contribution in [0.1, 0.15) is 32.9 Å². The maximum Gasteiger partial charge on any atom is 0.271 e. The molecule has 0 aliphatic carbocycles. The summed E-state index contributed by atoms with van der Waals surface area (Å²) in [6, 6.07) is 14.7. The lowest BCUT2D eigenvalue weighted by molar-refractivity contribution is 0.0955. The number of aromatic nitrogens is 1. The van der Waals surface area contributed by atoms with Crippen molar-refractivity contribution in [3.8, 4) is 5.69 Å². The number of carbonyl (C=O) groups excluding carboxylic acids is 1. The van der Waals surface area contributed by atoms with Crippen LogP contribution in [0.2, 0.25) is 10.0 Å². The number of amides is 1. The van der Waals surface area contributed by atoms with Gasteiger partial charge in [0.05, 0.1) is 16.9 Å². The van der Waals surface area contributed by atoms with Crippen LogP contribution in [0.4, 0.5) is 0 Å². The van der Waals surface area contributed by atoms with Gasteiger partial charge in [-0.25, -0.2) is 5.43 Å². The lowest BCUT2D eigenvalue weighted by atomic mass is 10.1. The average Bonchev–Trinajstić information content (AvgIpc) is 2.91. The summed E-state index contributed by atoms with van der Waals surface area (Å²) in [5, 5.41) is 5.32. The van der Waals surface area contributed by atoms with Crippen LogP contribution in [0.3, 0.4) is 0 Å². The minimum atomic E-state index is -0.248. The first kappa shape index (κ1) is 19.2. The third-order valence-electron chi connectivity index (χ3n) is 4.27. The summed E-state index contributed by atoms with van der Waals surface area (Å²) in [6.45, 7) is 5.89. The molecular formula is C21H19Cl2N3O. The molecule has 0 fully saturated rings. The molecule has 1 amide bonds. The molecule has 1 N–H and O–H groups in total. The van der Waals surface area contributed by atoms with Crippen molar-refractivity contribution in [1.29, 1.82) is 0 Å². The molecule has 0 atom stereocenters. The first-order valence-electron chi connectivity index (χ1n) is 8.41. The predicted molar refractivity (Wildman–Crippen MR) is 112 cm³/mol. The summed E-state index contributed by atoms with van der Waals surface area (Å²) in [4.78, 5) is 12.2. The Morgan fingerprint density at radius 1 is 1.07 bits per heavy atom. The van der Waals surface area contributed by atoms with Crippen molar-refractivity contribution in [3.63, 3.8) is 0 Å². The summed E-state index contributed by atoms with van der Waals surface area (Å²) < 4.78 is 2.01. The molecule has 3 aromatic rings. The highest BCUT2D eigenvalue weighted by Gasteiger charge is 2.13. The highest BCUT2D eigenvalue weighted by molar-refractivity contribution is 6.34. The van der Waals surface area contributed by atoms with Crippen LogP contribution in [0.5, 0.6) is 0 Å². The SMILES string of the molecule is Cc1cccc(C(=O)N/N=C\c2cc(C)n(-c3cc(Cl)ccc3Cl)c2C)c1. The van der Waals surface area contributed by atoms with E-state index in [-0.39, 0.29) is 5.91 Å². The summed E-state index contributed by atoms with van der Waals surface area (Å²) in [6.07, 6.45) is 1.63. The van der Waals surface area contributed by atoms with Gasteiger partial charge >= 0.3 is 0 Å². The zero-order chi connectivity index (χ0) is 19.6. The molecule has 0 spiro atoms. The Bertz CT molecular complexity index is 1040. The van der Waals surface area contributed by atoms with E-state index in [9.17, 15) is 4.79 Å². The average molecular weight is 400 g/mol. The lowest BCUT2D eigenvalue weighted by Crippen LogP contribution is -2.17. The summed E-state index contributed by atoms with van der Waals surface area (Å²) in [5.74, 6) is -0.248. The molecule has 0 aliphatic rings. The van der Waals surface area contributed by atoms with Crippen molar-refractivity contribution < 1.29 is 4.79 Å². The second kappa shape index (κ2) is 7.99. The third-order valence-corrected chi connectivity index (χ3v) is 4.82. The zero-order valence-electron chi connectivity index (χ0n) is 15.3. The molecule has 1 aromatic heterocycles. The maximum atomic E-state index is 12.2. The molecule has 2 aromatic carbocycles. The molecule has 6 heteroatoms. The van der Waals surface area contributed by atoms with E-state index in [4.69, 9.17) is 23.2 Å². The molecule has 0 bridgehead atoms. The van der Waals surface area contributed by atoms with Gasteiger partial charge < -0.3 is 4.57 Å². The number of hydrogen-bond donors (Lipinski definition) is 1. The first-order valence-corrected chi connectivity index (χ1v) is 9.17. The Labute approximate surface area is 168 Å². The number of nitrogens with zero attached hydrogens (tertiary/aromatic N) is 2. The highest BCUT2D eigenvalue weighted by atomic mass is 35.5. The van der Waals surface area contributed by atoms with Gasteiger partial charge in [-0.15, -0.1) is 0 Å². The van der Waals surface area contributed by atoms with E-state index in [0.29, 0.717) is 15.6 Å². The fourth-order valence-corrected chi connectivity index (χ4v) is 3.33. The van der Waals surface area contributed by atoms with Crippen molar-refractivity contribution in [1.82, 2.24) is 9.99 Å². The Balaban J connectivity index is 1.83. The second-order valence-electron chi connectivity index (χ2n) is 6.33. The third kappa shape index (κ3) is 4.24. The summed E-state index contributed by atoms with van der Waals surface area (Å²) in [7, 11) is 0. The fourth-order valence-electron chi connectivity index (χ4n) is 2.96. The Morgan fingerprint density at radius 3 is 2.59 bits per heavy atom. The van der Waals surface area contributed by atoms with Crippen LogP contribution in [0.15, 0.2) is 53.6 Å². The second-order valence-corrected chi connectivity index (χ2v) is 7.17. The van der Waals surface area contributed by atoms with Crippen LogP contribution in [0.25, 0.3) is 5.69 Å². The van der Waals surface area contributed by atoms with Gasteiger partial charge in [-0.1, -0.05) is 40.9 Å². The van der Waals surface area contributed by atoms with Gasteiger partial charge in [0, 0.05) is 27.5 Å². The number of aryl methyl sites for hydroxylation is 2. The number of benzene rings is 2. The number of halogens is 2. The molecule has 27 heavy (non-hydrogen) atoms. The number of hydrazone groups is 1. The van der Waals surface area contributed by atoms with Crippen LogP contribution < -0.4 is 5.43 Å². The van der Waals surface area contributed by atoms with Gasteiger partial charge in [-0.05, 0) is 57.2 Å². The van der Waals surface area contributed by atoms with Crippen molar-refractivity contribution >= 4 is 35.3 Å². The Hall–Kier alpha value is -2.56. The molecule has 0 saturated carbocycles. The molecule has 3 rings (SSSR count). The van der Waals surface area contributed by atoms with Crippen molar-refractivity contribution in [2.24, 2.45) is 5.10 Å². The molecule has 1 heterocycles. The lowest BCUT2D eigenvalue weighted by Gasteiger charge is -2.12. The fraction of sp³-hybridized carbons (Fsp3) is 0.143. The number of hydrogen-bond acceptors (Lipinski definition) is 2. The standard InChI is InChI=1S/C21H19Cl2N3O/c1-13-5-4-6-16(9-13)21(27)25-24-12-17-10-14(2)26(15(17)3)20-11-18(22)7-8-19(20)23/h4-12H,1-3H3,(H,25,27)/b24-12-. The minimum Gasteiger partial charge on any atom is -0.316 e. The predicted octanol–water partition coefficient (Wildman–Crippen LogP) is 5.47. The van der Waals surface area contributed by atoms with E-state index in [1.165, 1.54) is 0 Å². The summed E-state index contributed by atoms with van der Waals surface area (Å²) in [5.41, 5.74) is 7.79. The summed E-state index contributed by atoms with van der Waals surface area (Å²) >= 11 is 12.5. The monoisotopic (exact) mass is 399 g/mol. The molecule has 0 radical (unpaired) electrons. The van der Waals surface area contributed by atoms with Gasteiger partial charge in [0.25, 0.3) is 5.91 Å². The normalized spacial score (nSPS) is 11.1. The van der Waals surface area contributed by atoms with E-state index < -0.39 is 0 Å². The highest BCUT2D eigenvalue weighted by Crippen LogP contribution is 2.28. The molecule has 4 nitrogen and oxygen atoms in total. The zero-order valence-corrected chi connectivity index (χ0v) is 16.8. The number of nitrogens with one attached hydrogen (secondary N) is 1. The largest absolute Gasteiger partial charge is 0.316 e. The van der Waals surface area contributed by atoms with Crippen molar-refractivity contribution in [2.45, 2.75) is 20.8 Å². The first-order chi connectivity index (χ1) is 12.9. The number of rotatable bonds is 4. The van der Waals surface area contributed by atoms with Crippen LogP contribution in [-0.2, 0) is 0 Å². The van der Waals surface area contributed by atoms with E-state index in [1.54, 1.807) is 24.4 Å². The van der Waals surface area contributed by atoms with Crippen molar-refractivity contribution in [2.75, 3.05) is 0 Å². The van der Waals surface area contributed by atoms with Gasteiger partial charge in [-0.2, -0.15) is 5.10 Å². The Morgan fingerprint density at radius 2 is 1.85 bits per heavy atom. The van der Waals surface area contributed by atoms with Crippen LogP contribution >= 0.6 is 23.2 Å². The quantitative estimate of drug-likeness (QED) is 0.458. The van der Waals surface area contributed by atoms with Crippen LogP contribution in [-0.4, -0.2) is 16.7 Å².